The third-order valence-electron chi connectivity index (χ3n) is 1.01. The quantitative estimate of drug-likeness (QED) is 0.585. The van der Waals surface area contributed by atoms with Gasteiger partial charge in [-0.05, 0) is 0 Å². The molecule has 1 aromatic rings. The molecule has 5 nitrogen and oxygen atoms in total. The number of hydrogen-bond donors (Lipinski definition) is 0. The van der Waals surface area contributed by atoms with Gasteiger partial charge in [0.15, 0.2) is 0 Å². The second-order valence-corrected chi connectivity index (χ2v) is 3.71. The van der Waals surface area contributed by atoms with Gasteiger partial charge in [-0.25, -0.2) is 8.42 Å². The lowest BCUT2D eigenvalue weighted by Crippen LogP contribution is -2.15. The van der Waals surface area contributed by atoms with Crippen molar-refractivity contribution in [2.24, 2.45) is 0 Å². The summed E-state index contributed by atoms with van der Waals surface area (Å²) in [7, 11) is -3.34. The molecule has 0 spiro atoms. The van der Waals surface area contributed by atoms with Crippen molar-refractivity contribution in [2.45, 2.75) is 0 Å². The highest BCUT2D eigenvalue weighted by Crippen LogP contribution is 1.92. The van der Waals surface area contributed by atoms with Gasteiger partial charge < -0.3 is 0 Å². The Morgan fingerprint density at radius 2 is 2.36 bits per heavy atom. The van der Waals surface area contributed by atoms with Gasteiger partial charge in [0.2, 0.25) is 0 Å². The highest BCUT2D eigenvalue weighted by molar-refractivity contribution is 7.89. The Hall–Kier alpha value is -1.17. The first-order chi connectivity index (χ1) is 5.17. The van der Waals surface area contributed by atoms with E-state index in [1.165, 1.54) is 18.5 Å². The Bertz CT molecular complexity index is 327. The molecule has 0 fully saturated rings. The van der Waals surface area contributed by atoms with E-state index in [0.717, 1.165) is 4.09 Å². The van der Waals surface area contributed by atoms with Crippen molar-refractivity contribution in [3.05, 3.63) is 25.0 Å². The number of nitrogens with zero attached hydrogens (tertiary/aromatic N) is 3. The SMILES string of the molecule is C=CCS(=O)(=O)n1ccnn1. The van der Waals surface area contributed by atoms with Crippen molar-refractivity contribution >= 4 is 10.0 Å². The molecular formula is C5H7N3O2S. The zero-order valence-corrected chi connectivity index (χ0v) is 6.53. The monoisotopic (exact) mass is 173 g/mol. The van der Waals surface area contributed by atoms with Gasteiger partial charge in [0.05, 0.1) is 18.1 Å². The van der Waals surface area contributed by atoms with E-state index in [9.17, 15) is 8.42 Å². The summed E-state index contributed by atoms with van der Waals surface area (Å²) in [6, 6.07) is 0. The molecule has 1 rings (SSSR count). The molecule has 1 heterocycles. The average molecular weight is 173 g/mol. The fourth-order valence-electron chi connectivity index (χ4n) is 0.571. The molecule has 0 saturated carbocycles. The molecule has 0 atom stereocenters. The number of rotatable bonds is 3. The van der Waals surface area contributed by atoms with Gasteiger partial charge in [0, 0.05) is 0 Å². The number of aromatic nitrogens is 3. The van der Waals surface area contributed by atoms with Crippen molar-refractivity contribution in [3.63, 3.8) is 0 Å². The predicted molar refractivity (Wildman–Crippen MR) is 39.4 cm³/mol. The normalized spacial score (nSPS) is 11.3. The molecule has 0 aliphatic carbocycles. The molecule has 0 bridgehead atoms. The largest absolute Gasteiger partial charge is 0.258 e. The second kappa shape index (κ2) is 2.83. The Kier molecular flexibility index (Phi) is 2.04. The summed E-state index contributed by atoms with van der Waals surface area (Å²) in [6.07, 6.45) is 3.89. The fraction of sp³-hybridized carbons (Fsp3) is 0.200. The molecule has 0 radical (unpaired) electrons. The molecule has 0 aromatic carbocycles. The zero-order chi connectivity index (χ0) is 8.32. The maximum atomic E-state index is 11.1. The van der Waals surface area contributed by atoms with E-state index in [-0.39, 0.29) is 5.75 Å². The molecule has 60 valence electrons. The average Bonchev–Trinajstić information content (AvgIpc) is 2.37. The van der Waals surface area contributed by atoms with Crippen LogP contribution in [0.4, 0.5) is 0 Å². The van der Waals surface area contributed by atoms with Crippen molar-refractivity contribution in [2.75, 3.05) is 5.75 Å². The molecule has 0 unspecified atom stereocenters. The molecule has 6 heteroatoms. The van der Waals surface area contributed by atoms with Gasteiger partial charge in [0.1, 0.15) is 0 Å². The summed E-state index contributed by atoms with van der Waals surface area (Å²) in [5.41, 5.74) is 0. The van der Waals surface area contributed by atoms with Crippen LogP contribution in [-0.4, -0.2) is 28.6 Å². The van der Waals surface area contributed by atoms with E-state index in [2.05, 4.69) is 16.9 Å². The van der Waals surface area contributed by atoms with Crippen molar-refractivity contribution in [3.8, 4) is 0 Å². The summed E-state index contributed by atoms with van der Waals surface area (Å²) >= 11 is 0. The van der Waals surface area contributed by atoms with Crippen LogP contribution in [0.2, 0.25) is 0 Å². The van der Waals surface area contributed by atoms with Gasteiger partial charge in [-0.3, -0.25) is 0 Å². The van der Waals surface area contributed by atoms with Crippen LogP contribution < -0.4 is 0 Å². The first-order valence-corrected chi connectivity index (χ1v) is 4.48. The van der Waals surface area contributed by atoms with Crippen LogP contribution in [0.1, 0.15) is 0 Å². The van der Waals surface area contributed by atoms with Crippen LogP contribution in [0.3, 0.4) is 0 Å². The molecular weight excluding hydrogens is 166 g/mol. The maximum Gasteiger partial charge on any atom is 0.258 e. The van der Waals surface area contributed by atoms with E-state index in [1.807, 2.05) is 0 Å². The van der Waals surface area contributed by atoms with Gasteiger partial charge >= 0.3 is 0 Å². The van der Waals surface area contributed by atoms with E-state index < -0.39 is 10.0 Å². The summed E-state index contributed by atoms with van der Waals surface area (Å²) in [5, 5.41) is 6.71. The van der Waals surface area contributed by atoms with E-state index >= 15 is 0 Å². The molecule has 0 N–H and O–H groups in total. The van der Waals surface area contributed by atoms with Crippen LogP contribution in [0.5, 0.6) is 0 Å². The smallest absolute Gasteiger partial charge is 0.204 e. The minimum Gasteiger partial charge on any atom is -0.204 e. The van der Waals surface area contributed by atoms with Gasteiger partial charge in [0.25, 0.3) is 10.0 Å². The Morgan fingerprint density at radius 3 is 2.82 bits per heavy atom. The molecule has 0 aliphatic rings. The molecule has 0 saturated heterocycles. The minimum absolute atomic E-state index is 0.129. The molecule has 11 heavy (non-hydrogen) atoms. The van der Waals surface area contributed by atoms with Gasteiger partial charge in [-0.2, -0.15) is 0 Å². The lowest BCUT2D eigenvalue weighted by atomic mass is 10.8. The van der Waals surface area contributed by atoms with Gasteiger partial charge in [-0.1, -0.05) is 11.3 Å². The highest BCUT2D eigenvalue weighted by atomic mass is 32.2. The van der Waals surface area contributed by atoms with Gasteiger partial charge in [-0.15, -0.1) is 15.8 Å². The van der Waals surface area contributed by atoms with Crippen LogP contribution in [-0.2, 0) is 10.0 Å². The summed E-state index contributed by atoms with van der Waals surface area (Å²) in [4.78, 5) is 0. The predicted octanol–water partition coefficient (Wildman–Crippen LogP) is -0.358. The summed E-state index contributed by atoms with van der Waals surface area (Å²) in [6.45, 7) is 3.32. The Morgan fingerprint density at radius 1 is 1.64 bits per heavy atom. The standard InChI is InChI=1S/C5H7N3O2S/c1-2-5-11(9,10)8-4-3-6-7-8/h2-4H,1,5H2. The van der Waals surface area contributed by atoms with Crippen LogP contribution in [0, 0.1) is 0 Å². The summed E-state index contributed by atoms with van der Waals surface area (Å²) < 4.78 is 23.0. The van der Waals surface area contributed by atoms with Crippen molar-refractivity contribution in [1.82, 2.24) is 14.4 Å². The first-order valence-electron chi connectivity index (χ1n) is 2.87. The third-order valence-corrected chi connectivity index (χ3v) is 2.44. The topological polar surface area (TPSA) is 64.8 Å². The van der Waals surface area contributed by atoms with E-state index in [4.69, 9.17) is 0 Å². The second-order valence-electron chi connectivity index (χ2n) is 1.84. The summed E-state index contributed by atoms with van der Waals surface area (Å²) in [5.74, 6) is -0.129. The zero-order valence-electron chi connectivity index (χ0n) is 5.71. The Balaban J connectivity index is 3.01. The highest BCUT2D eigenvalue weighted by Gasteiger charge is 2.09. The van der Waals surface area contributed by atoms with E-state index in [1.54, 1.807) is 0 Å². The lowest BCUT2D eigenvalue weighted by Gasteiger charge is -1.96. The maximum absolute atomic E-state index is 11.1. The van der Waals surface area contributed by atoms with Crippen LogP contribution >= 0.6 is 0 Å². The molecule has 0 aliphatic heterocycles. The number of hydrogen-bond acceptors (Lipinski definition) is 4. The van der Waals surface area contributed by atoms with Crippen molar-refractivity contribution < 1.29 is 8.42 Å². The third kappa shape index (κ3) is 1.64. The lowest BCUT2D eigenvalue weighted by molar-refractivity contribution is 0.580. The van der Waals surface area contributed by atoms with Crippen LogP contribution in [0.15, 0.2) is 25.0 Å². The fourth-order valence-corrected chi connectivity index (χ4v) is 1.41. The molecule has 1 aromatic heterocycles. The molecule has 0 amide bonds. The first kappa shape index (κ1) is 7.93. The van der Waals surface area contributed by atoms with E-state index in [0.29, 0.717) is 0 Å². The van der Waals surface area contributed by atoms with Crippen molar-refractivity contribution in [1.29, 1.82) is 0 Å². The minimum atomic E-state index is -3.34. The Labute approximate surface area is 64.4 Å². The van der Waals surface area contributed by atoms with Crippen LogP contribution in [0.25, 0.3) is 0 Å².